The van der Waals surface area contributed by atoms with Crippen molar-refractivity contribution in [2.75, 3.05) is 12.4 Å². The van der Waals surface area contributed by atoms with Gasteiger partial charge in [0.05, 0.1) is 13.2 Å². The Morgan fingerprint density at radius 3 is 2.44 bits per heavy atom. The summed E-state index contributed by atoms with van der Waals surface area (Å²) in [5.74, 6) is 1.42. The molecule has 2 N–H and O–H groups in total. The van der Waals surface area contributed by atoms with E-state index in [1.165, 1.54) is 0 Å². The number of hydrogen-bond donors (Lipinski definition) is 3. The number of amides is 1. The van der Waals surface area contributed by atoms with Gasteiger partial charge in [0.2, 0.25) is 5.88 Å². The fourth-order valence-electron chi connectivity index (χ4n) is 4.38. The Balaban J connectivity index is 1.31. The smallest absolute Gasteiger partial charge is 0.272 e. The Hall–Kier alpha value is -4.44. The summed E-state index contributed by atoms with van der Waals surface area (Å²) in [5.41, 5.74) is 5.44. The van der Waals surface area contributed by atoms with Crippen molar-refractivity contribution in [1.82, 2.24) is 35.7 Å². The Morgan fingerprint density at radius 1 is 1.00 bits per heavy atom. The summed E-state index contributed by atoms with van der Waals surface area (Å²) < 4.78 is 7.52. The lowest BCUT2D eigenvalue weighted by Gasteiger charge is -2.15. The summed E-state index contributed by atoms with van der Waals surface area (Å²) in [6, 6.07) is 27.7. The highest BCUT2D eigenvalue weighted by Gasteiger charge is 2.19. The van der Waals surface area contributed by atoms with Crippen LogP contribution in [0.15, 0.2) is 84.9 Å². The van der Waals surface area contributed by atoms with Crippen LogP contribution in [0.3, 0.4) is 0 Å². The van der Waals surface area contributed by atoms with Crippen molar-refractivity contribution in [2.45, 2.75) is 25.9 Å². The van der Waals surface area contributed by atoms with E-state index in [1.807, 2.05) is 73.7 Å². The van der Waals surface area contributed by atoms with Crippen LogP contribution >= 0.6 is 12.6 Å². The molecule has 39 heavy (non-hydrogen) atoms. The standard InChI is InChI=1S/C29H29N7O2S/c1-2-38-27-17-26(29(37)30-23(19-39)16-20-8-4-3-5-9-20)33-36(27)18-21-12-14-22(15-13-21)24-10-6-7-11-25(24)28-31-34-35-32-28/h3-15,17,23,39H,2,16,18-19H2,1H3,(H,30,37)(H,31,32,34,35)/t23-/m1/s1. The van der Waals surface area contributed by atoms with Crippen molar-refractivity contribution in [3.8, 4) is 28.4 Å². The second-order valence-corrected chi connectivity index (χ2v) is 9.36. The fourth-order valence-corrected chi connectivity index (χ4v) is 4.60. The van der Waals surface area contributed by atoms with Crippen molar-refractivity contribution in [3.05, 3.63) is 102 Å². The first kappa shape index (κ1) is 26.2. The molecule has 2 aromatic heterocycles. The quantitative estimate of drug-likeness (QED) is 0.214. The first-order chi connectivity index (χ1) is 19.1. The van der Waals surface area contributed by atoms with Crippen LogP contribution in [-0.4, -0.2) is 54.7 Å². The van der Waals surface area contributed by atoms with Crippen LogP contribution in [0.2, 0.25) is 0 Å². The molecule has 0 unspecified atom stereocenters. The van der Waals surface area contributed by atoms with E-state index in [4.69, 9.17) is 4.74 Å². The zero-order valence-corrected chi connectivity index (χ0v) is 22.4. The van der Waals surface area contributed by atoms with Crippen molar-refractivity contribution in [1.29, 1.82) is 0 Å². The first-order valence-corrected chi connectivity index (χ1v) is 13.4. The van der Waals surface area contributed by atoms with Crippen LogP contribution in [0, 0.1) is 0 Å². The molecule has 0 bridgehead atoms. The highest BCUT2D eigenvalue weighted by Crippen LogP contribution is 2.30. The van der Waals surface area contributed by atoms with Gasteiger partial charge in [0, 0.05) is 23.4 Å². The lowest BCUT2D eigenvalue weighted by molar-refractivity contribution is 0.0935. The molecule has 0 fully saturated rings. The van der Waals surface area contributed by atoms with Crippen LogP contribution in [0.25, 0.3) is 22.5 Å². The van der Waals surface area contributed by atoms with Crippen molar-refractivity contribution in [2.24, 2.45) is 0 Å². The van der Waals surface area contributed by atoms with E-state index >= 15 is 0 Å². The molecule has 2 heterocycles. The summed E-state index contributed by atoms with van der Waals surface area (Å²) in [7, 11) is 0. The Bertz CT molecular complexity index is 1500. The maximum Gasteiger partial charge on any atom is 0.272 e. The molecule has 0 aliphatic rings. The lowest BCUT2D eigenvalue weighted by atomic mass is 9.98. The van der Waals surface area contributed by atoms with Gasteiger partial charge in [0.1, 0.15) is 0 Å². The lowest BCUT2D eigenvalue weighted by Crippen LogP contribution is -2.38. The number of nitrogens with zero attached hydrogens (tertiary/aromatic N) is 5. The molecule has 0 saturated heterocycles. The molecule has 1 atom stereocenters. The Morgan fingerprint density at radius 2 is 1.74 bits per heavy atom. The van der Waals surface area contributed by atoms with Gasteiger partial charge in [-0.15, -0.1) is 5.10 Å². The van der Waals surface area contributed by atoms with E-state index in [2.05, 4.69) is 55.8 Å². The fraction of sp³-hybridized carbons (Fsp3) is 0.207. The molecular formula is C29H29N7O2S. The maximum atomic E-state index is 13.1. The molecule has 0 spiro atoms. The summed E-state index contributed by atoms with van der Waals surface area (Å²) in [6.45, 7) is 2.83. The number of rotatable bonds is 11. The minimum atomic E-state index is -0.251. The summed E-state index contributed by atoms with van der Waals surface area (Å²) in [5, 5.41) is 21.9. The second-order valence-electron chi connectivity index (χ2n) is 8.99. The summed E-state index contributed by atoms with van der Waals surface area (Å²) in [6.07, 6.45) is 0.692. The molecule has 5 aromatic rings. The van der Waals surface area contributed by atoms with E-state index in [0.29, 0.717) is 42.7 Å². The third-order valence-electron chi connectivity index (χ3n) is 6.27. The normalized spacial score (nSPS) is 11.7. The number of carbonyl (C=O) groups is 1. The molecular weight excluding hydrogens is 510 g/mol. The van der Waals surface area contributed by atoms with Crippen LogP contribution < -0.4 is 10.1 Å². The number of aromatic nitrogens is 6. The molecule has 9 nitrogen and oxygen atoms in total. The zero-order valence-electron chi connectivity index (χ0n) is 21.5. The predicted octanol–water partition coefficient (Wildman–Crippen LogP) is 4.45. The number of tetrazole rings is 1. The van der Waals surface area contributed by atoms with Crippen LogP contribution in [-0.2, 0) is 13.0 Å². The van der Waals surface area contributed by atoms with Gasteiger partial charge in [-0.05, 0) is 46.0 Å². The Kier molecular flexibility index (Phi) is 8.33. The number of H-pyrrole nitrogens is 1. The minimum Gasteiger partial charge on any atom is -0.478 e. The van der Waals surface area contributed by atoms with Gasteiger partial charge in [-0.3, -0.25) is 4.79 Å². The summed E-state index contributed by atoms with van der Waals surface area (Å²) >= 11 is 4.44. The van der Waals surface area contributed by atoms with E-state index < -0.39 is 0 Å². The highest BCUT2D eigenvalue weighted by atomic mass is 32.1. The van der Waals surface area contributed by atoms with Gasteiger partial charge in [0.15, 0.2) is 11.5 Å². The third kappa shape index (κ3) is 6.35. The molecule has 198 valence electrons. The molecule has 5 rings (SSSR count). The zero-order chi connectivity index (χ0) is 27.0. The van der Waals surface area contributed by atoms with Crippen LogP contribution in [0.1, 0.15) is 28.5 Å². The summed E-state index contributed by atoms with van der Waals surface area (Å²) in [4.78, 5) is 13.1. The van der Waals surface area contributed by atoms with E-state index in [-0.39, 0.29) is 11.9 Å². The molecule has 0 radical (unpaired) electrons. The van der Waals surface area contributed by atoms with Crippen molar-refractivity contribution in [3.63, 3.8) is 0 Å². The number of benzene rings is 3. The van der Waals surface area contributed by atoms with Gasteiger partial charge >= 0.3 is 0 Å². The van der Waals surface area contributed by atoms with E-state index in [9.17, 15) is 4.79 Å². The average Bonchev–Trinajstić information content (AvgIpc) is 3.65. The largest absolute Gasteiger partial charge is 0.478 e. The molecule has 0 saturated carbocycles. The third-order valence-corrected chi connectivity index (χ3v) is 6.71. The van der Waals surface area contributed by atoms with Gasteiger partial charge in [-0.1, -0.05) is 78.9 Å². The van der Waals surface area contributed by atoms with Crippen LogP contribution in [0.5, 0.6) is 5.88 Å². The monoisotopic (exact) mass is 539 g/mol. The van der Waals surface area contributed by atoms with E-state index in [1.54, 1.807) is 10.7 Å². The first-order valence-electron chi connectivity index (χ1n) is 12.7. The molecule has 3 aromatic carbocycles. The number of thiol groups is 1. The predicted molar refractivity (Wildman–Crippen MR) is 153 cm³/mol. The number of ether oxygens (including phenoxy) is 1. The van der Waals surface area contributed by atoms with Gasteiger partial charge in [-0.25, -0.2) is 9.78 Å². The van der Waals surface area contributed by atoms with Crippen LogP contribution in [0.4, 0.5) is 0 Å². The molecule has 10 heteroatoms. The topological polar surface area (TPSA) is 111 Å². The SMILES string of the molecule is CCOc1cc(C(=O)N[C@@H](CS)Cc2ccccc2)nn1Cc1ccc(-c2ccccc2-c2nnn[nH]2)cc1. The average molecular weight is 540 g/mol. The maximum absolute atomic E-state index is 13.1. The van der Waals surface area contributed by atoms with Gasteiger partial charge in [0.25, 0.3) is 5.91 Å². The molecule has 0 aliphatic carbocycles. The molecule has 0 aliphatic heterocycles. The number of hydrogen-bond acceptors (Lipinski definition) is 7. The second kappa shape index (κ2) is 12.4. The van der Waals surface area contributed by atoms with Crippen molar-refractivity contribution >= 4 is 18.5 Å². The number of carbonyl (C=O) groups excluding carboxylic acids is 1. The number of nitrogens with one attached hydrogen (secondary N) is 2. The Labute approximate surface area is 232 Å². The molecule has 1 amide bonds. The minimum absolute atomic E-state index is 0.118. The van der Waals surface area contributed by atoms with Gasteiger partial charge < -0.3 is 10.1 Å². The van der Waals surface area contributed by atoms with E-state index in [0.717, 1.165) is 27.8 Å². The highest BCUT2D eigenvalue weighted by molar-refractivity contribution is 7.80. The van der Waals surface area contributed by atoms with Gasteiger partial charge in [-0.2, -0.15) is 17.7 Å². The number of aromatic amines is 1. The van der Waals surface area contributed by atoms with Crippen molar-refractivity contribution < 1.29 is 9.53 Å².